The second-order valence-electron chi connectivity index (χ2n) is 16.4. The van der Waals surface area contributed by atoms with Crippen LogP contribution in [0.1, 0.15) is 81.2 Å². The largest absolute Gasteiger partial charge is 0.483 e. The SMILES string of the molecule is O=C(COc1cccc2c1C(=O)N(C1CCC(=O)NC1=O)C2=O)NCCCCOCCOCCOCCOCCOCCOCCCC(=O)c1ccc(-c2cnc(CCc3ccco3)n3cnnc23)cc1. The number of furan rings is 1. The molecule has 21 heteroatoms. The van der Waals surface area contributed by atoms with Gasteiger partial charge in [0.1, 0.15) is 29.7 Å². The van der Waals surface area contributed by atoms with Gasteiger partial charge in [0.25, 0.3) is 17.7 Å². The van der Waals surface area contributed by atoms with E-state index in [2.05, 4.69) is 25.8 Å². The van der Waals surface area contributed by atoms with E-state index in [1.807, 2.05) is 40.8 Å². The Balaban J connectivity index is 0.610. The fourth-order valence-corrected chi connectivity index (χ4v) is 7.82. The number of fused-ring (bicyclic) bond motifs is 2. The Morgan fingerprint density at radius 1 is 0.732 bits per heavy atom. The van der Waals surface area contributed by atoms with Crippen molar-refractivity contribution in [3.05, 3.63) is 102 Å². The maximum absolute atomic E-state index is 13.2. The summed E-state index contributed by atoms with van der Waals surface area (Å²) in [6, 6.07) is 14.7. The van der Waals surface area contributed by atoms with Crippen molar-refractivity contribution in [2.45, 2.75) is 57.4 Å². The first-order valence-electron chi connectivity index (χ1n) is 23.8. The number of piperidine rings is 1. The van der Waals surface area contributed by atoms with Crippen molar-refractivity contribution in [2.24, 2.45) is 0 Å². The molecule has 2 aromatic carbocycles. The summed E-state index contributed by atoms with van der Waals surface area (Å²) in [4.78, 5) is 80.8. The van der Waals surface area contributed by atoms with Crippen LogP contribution in [-0.2, 0) is 55.6 Å². The number of amides is 5. The quantitative estimate of drug-likeness (QED) is 0.0346. The van der Waals surface area contributed by atoms with Crippen LogP contribution in [0.3, 0.4) is 0 Å². The molecular formula is C50H59N7O14. The highest BCUT2D eigenvalue weighted by Crippen LogP contribution is 2.33. The Kier molecular flexibility index (Phi) is 20.2. The van der Waals surface area contributed by atoms with Gasteiger partial charge in [-0.15, -0.1) is 10.2 Å². The standard InChI is InChI=1S/C50H59N7O14/c58-41(36-12-10-35(11-13-36)39-32-52-43(56-34-53-55-47(39)56)16-14-37-6-4-21-70-37)8-5-20-65-23-25-67-27-29-69-31-30-68-28-26-66-24-22-64-19-2-1-18-51-45(60)33-71-42-9-3-7-38-46(42)50(63)57(49(38)62)40-15-17-44(59)54-48(40)61/h3-4,6-7,9-13,21,32,34,40H,1-2,5,8,14-20,22-31,33H2,(H,51,60)(H,54,59,61). The van der Waals surface area contributed by atoms with Gasteiger partial charge >= 0.3 is 0 Å². The number of nitrogens with one attached hydrogen (secondary N) is 2. The molecule has 2 N–H and O–H groups in total. The van der Waals surface area contributed by atoms with Gasteiger partial charge < -0.3 is 42.9 Å². The summed E-state index contributed by atoms with van der Waals surface area (Å²) < 4.78 is 46.3. The van der Waals surface area contributed by atoms with Crippen molar-refractivity contribution in [2.75, 3.05) is 92.4 Å². The van der Waals surface area contributed by atoms with Crippen molar-refractivity contribution < 1.29 is 66.3 Å². The van der Waals surface area contributed by atoms with Gasteiger partial charge in [0.15, 0.2) is 18.0 Å². The van der Waals surface area contributed by atoms with Crippen LogP contribution < -0.4 is 15.4 Å². The van der Waals surface area contributed by atoms with Crippen molar-refractivity contribution in [3.8, 4) is 16.9 Å². The van der Waals surface area contributed by atoms with Crippen LogP contribution in [0, 0.1) is 0 Å². The Hall–Kier alpha value is -6.75. The van der Waals surface area contributed by atoms with Crippen molar-refractivity contribution in [3.63, 3.8) is 0 Å². The molecule has 5 aromatic rings. The molecule has 1 saturated heterocycles. The van der Waals surface area contributed by atoms with Crippen molar-refractivity contribution in [1.82, 2.24) is 35.1 Å². The van der Waals surface area contributed by atoms with E-state index in [0.717, 1.165) is 34.0 Å². The number of rotatable bonds is 33. The second kappa shape index (κ2) is 27.6. The van der Waals surface area contributed by atoms with Crippen LogP contribution in [0.4, 0.5) is 0 Å². The molecule has 71 heavy (non-hydrogen) atoms. The number of aromatic nitrogens is 4. The summed E-state index contributed by atoms with van der Waals surface area (Å²) in [5, 5.41) is 13.3. The van der Waals surface area contributed by atoms with Gasteiger partial charge in [-0.2, -0.15) is 0 Å². The lowest BCUT2D eigenvalue weighted by Gasteiger charge is -2.27. The fraction of sp³-hybridized carbons (Fsp3) is 0.460. The van der Waals surface area contributed by atoms with Gasteiger partial charge in [0.05, 0.1) is 83.5 Å². The Morgan fingerprint density at radius 3 is 2.07 bits per heavy atom. The summed E-state index contributed by atoms with van der Waals surface area (Å²) in [5.41, 5.74) is 3.14. The Morgan fingerprint density at radius 2 is 1.41 bits per heavy atom. The lowest BCUT2D eigenvalue weighted by atomic mass is 10.0. The molecule has 1 unspecified atom stereocenters. The number of ether oxygens (including phenoxy) is 7. The lowest BCUT2D eigenvalue weighted by molar-refractivity contribution is -0.136. The minimum atomic E-state index is -1.10. The third-order valence-corrected chi connectivity index (χ3v) is 11.5. The van der Waals surface area contributed by atoms with E-state index in [9.17, 15) is 28.8 Å². The van der Waals surface area contributed by atoms with Gasteiger partial charge in [-0.25, -0.2) is 4.98 Å². The highest BCUT2D eigenvalue weighted by atomic mass is 16.6. The molecule has 21 nitrogen and oxygen atoms in total. The molecular weight excluding hydrogens is 923 g/mol. The number of Topliss-reactive ketones (excluding diaryl/α,β-unsaturated/α-hetero) is 1. The minimum Gasteiger partial charge on any atom is -0.483 e. The lowest BCUT2D eigenvalue weighted by Crippen LogP contribution is -2.54. The zero-order valence-corrected chi connectivity index (χ0v) is 39.5. The Labute approximate surface area is 409 Å². The maximum Gasteiger partial charge on any atom is 0.266 e. The number of benzene rings is 2. The molecule has 5 heterocycles. The fourth-order valence-electron chi connectivity index (χ4n) is 7.82. The first-order chi connectivity index (χ1) is 34.8. The smallest absolute Gasteiger partial charge is 0.266 e. The summed E-state index contributed by atoms with van der Waals surface area (Å²) >= 11 is 0. The topological polar surface area (TPSA) is 251 Å². The molecule has 0 saturated carbocycles. The minimum absolute atomic E-state index is 0.0123. The van der Waals surface area contributed by atoms with Crippen molar-refractivity contribution >= 4 is 41.0 Å². The van der Waals surface area contributed by atoms with Crippen LogP contribution in [0.25, 0.3) is 16.8 Å². The molecule has 1 atom stereocenters. The highest BCUT2D eigenvalue weighted by molar-refractivity contribution is 6.24. The summed E-state index contributed by atoms with van der Waals surface area (Å²) in [6.07, 6.45) is 8.93. The van der Waals surface area contributed by atoms with E-state index < -0.39 is 35.6 Å². The third-order valence-electron chi connectivity index (χ3n) is 11.5. The molecule has 0 spiro atoms. The zero-order valence-electron chi connectivity index (χ0n) is 39.5. The number of aryl methyl sites for hydroxylation is 2. The van der Waals surface area contributed by atoms with E-state index >= 15 is 0 Å². The average molecular weight is 982 g/mol. The monoisotopic (exact) mass is 981 g/mol. The highest BCUT2D eigenvalue weighted by Gasteiger charge is 2.46. The molecule has 0 radical (unpaired) electrons. The molecule has 2 aliphatic rings. The van der Waals surface area contributed by atoms with Crippen LogP contribution in [-0.4, -0.2) is 158 Å². The van der Waals surface area contributed by atoms with E-state index in [1.54, 1.807) is 18.8 Å². The summed E-state index contributed by atoms with van der Waals surface area (Å²) in [7, 11) is 0. The molecule has 1 fully saturated rings. The Bertz CT molecular complexity index is 2550. The molecule has 5 amide bonds. The molecule has 7 rings (SSSR count). The zero-order chi connectivity index (χ0) is 49.6. The first-order valence-corrected chi connectivity index (χ1v) is 23.8. The maximum atomic E-state index is 13.2. The van der Waals surface area contributed by atoms with Crippen LogP contribution >= 0.6 is 0 Å². The first kappa shape index (κ1) is 52.1. The van der Waals surface area contributed by atoms with E-state index in [1.165, 1.54) is 18.2 Å². The predicted octanol–water partition coefficient (Wildman–Crippen LogP) is 3.61. The second-order valence-corrected chi connectivity index (χ2v) is 16.4. The van der Waals surface area contributed by atoms with E-state index in [0.29, 0.717) is 129 Å². The van der Waals surface area contributed by atoms with Gasteiger partial charge in [-0.05, 0) is 55.5 Å². The van der Waals surface area contributed by atoms with Gasteiger partial charge in [-0.3, -0.25) is 43.4 Å². The normalized spacial score (nSPS) is 14.6. The number of unbranched alkanes of at least 4 members (excludes halogenated alkanes) is 1. The number of carbonyl (C=O) groups is 6. The molecule has 378 valence electrons. The van der Waals surface area contributed by atoms with E-state index in [-0.39, 0.29) is 42.1 Å². The third kappa shape index (κ3) is 15.1. The van der Waals surface area contributed by atoms with Gasteiger partial charge in [-0.1, -0.05) is 30.3 Å². The van der Waals surface area contributed by atoms with Gasteiger partial charge in [0.2, 0.25) is 11.8 Å². The number of ketones is 1. The predicted molar refractivity (Wildman–Crippen MR) is 252 cm³/mol. The average Bonchev–Trinajstić information content (AvgIpc) is 4.15. The molecule has 2 aliphatic heterocycles. The molecule has 0 bridgehead atoms. The molecule has 3 aromatic heterocycles. The van der Waals surface area contributed by atoms with Crippen LogP contribution in [0.5, 0.6) is 5.75 Å². The number of hydrogen-bond donors (Lipinski definition) is 2. The summed E-state index contributed by atoms with van der Waals surface area (Å²) in [6.45, 7) is 5.25. The van der Waals surface area contributed by atoms with Crippen LogP contribution in [0.15, 0.2) is 77.8 Å². The van der Waals surface area contributed by atoms with Crippen LogP contribution in [0.2, 0.25) is 0 Å². The number of carbonyl (C=O) groups excluding carboxylic acids is 6. The van der Waals surface area contributed by atoms with Gasteiger partial charge in [0, 0.05) is 62.8 Å². The number of imide groups is 2. The molecule has 0 aliphatic carbocycles. The number of nitrogens with zero attached hydrogens (tertiary/aromatic N) is 5. The van der Waals surface area contributed by atoms with E-state index in [4.69, 9.17) is 37.6 Å². The summed E-state index contributed by atoms with van der Waals surface area (Å²) in [5.74, 6) is -1.09. The number of hydrogen-bond acceptors (Lipinski definition) is 17. The van der Waals surface area contributed by atoms with Crippen molar-refractivity contribution in [1.29, 1.82) is 0 Å².